The third kappa shape index (κ3) is 4.90. The number of rotatable bonds is 6. The number of carbonyl (C=O) groups excluding carboxylic acids is 2. The molecule has 1 saturated carbocycles. The van der Waals surface area contributed by atoms with Crippen molar-refractivity contribution >= 4 is 41.8 Å². The molecule has 186 valence electrons. The lowest BCUT2D eigenvalue weighted by atomic mass is 10.2. The van der Waals surface area contributed by atoms with E-state index in [0.29, 0.717) is 31.9 Å². The van der Waals surface area contributed by atoms with Crippen molar-refractivity contribution in [2.75, 3.05) is 25.5 Å². The van der Waals surface area contributed by atoms with Crippen molar-refractivity contribution in [2.24, 2.45) is 5.92 Å². The molecule has 3 heterocycles. The lowest BCUT2D eigenvalue weighted by molar-refractivity contribution is -0.133. The minimum atomic E-state index is -0.764. The molecule has 1 saturated heterocycles. The number of nitrogens with one attached hydrogen (secondary N) is 1. The van der Waals surface area contributed by atoms with Gasteiger partial charge in [0.1, 0.15) is 0 Å². The molecule has 1 atom stereocenters. The number of amides is 2. The van der Waals surface area contributed by atoms with Crippen LogP contribution in [0.3, 0.4) is 0 Å². The van der Waals surface area contributed by atoms with Crippen LogP contribution in [0.15, 0.2) is 10.9 Å². The van der Waals surface area contributed by atoms with Crippen molar-refractivity contribution in [3.05, 3.63) is 27.6 Å². The number of morpholine rings is 1. The van der Waals surface area contributed by atoms with Gasteiger partial charge in [0.05, 0.1) is 24.8 Å². The van der Waals surface area contributed by atoms with E-state index in [4.69, 9.17) is 10.5 Å². The van der Waals surface area contributed by atoms with E-state index in [2.05, 4.69) is 10.4 Å². The molecule has 4 rings (SSSR count). The van der Waals surface area contributed by atoms with Crippen LogP contribution in [0.5, 0.6) is 5.88 Å². The summed E-state index contributed by atoms with van der Waals surface area (Å²) in [6.45, 7) is 7.50. The van der Waals surface area contributed by atoms with Gasteiger partial charge in [-0.3, -0.25) is 19.0 Å². The predicted octanol–water partition coefficient (Wildman–Crippen LogP) is 1.01. The lowest BCUT2D eigenvalue weighted by Gasteiger charge is -2.32. The summed E-state index contributed by atoms with van der Waals surface area (Å²) in [6.07, 6.45) is 4.56. The van der Waals surface area contributed by atoms with Crippen LogP contribution in [-0.2, 0) is 16.1 Å². The molecule has 2 aromatic rings. The van der Waals surface area contributed by atoms with Crippen LogP contribution in [0.2, 0.25) is 0 Å². The Kier molecular flexibility index (Phi) is 7.57. The van der Waals surface area contributed by atoms with E-state index in [1.807, 2.05) is 20.8 Å². The monoisotopic (exact) mass is 494 g/mol. The van der Waals surface area contributed by atoms with Crippen molar-refractivity contribution in [2.45, 2.75) is 52.2 Å². The fourth-order valence-electron chi connectivity index (χ4n) is 3.96. The van der Waals surface area contributed by atoms with E-state index in [9.17, 15) is 19.5 Å². The fraction of sp³-hybridized carbons (Fsp3) is 0.545. The van der Waals surface area contributed by atoms with E-state index >= 15 is 0 Å². The maximum atomic E-state index is 13.1. The summed E-state index contributed by atoms with van der Waals surface area (Å²) < 4.78 is 7.86. The minimum absolute atomic E-state index is 0. The second-order valence-corrected chi connectivity index (χ2v) is 9.08. The number of carbonyl (C=O) groups is 2. The predicted molar refractivity (Wildman–Crippen MR) is 129 cm³/mol. The fourth-order valence-corrected chi connectivity index (χ4v) is 3.96. The van der Waals surface area contributed by atoms with Crippen LogP contribution < -0.4 is 16.6 Å². The molecule has 11 nitrogen and oxygen atoms in total. The Labute approximate surface area is 203 Å². The number of nitrogen functional groups attached to an aromatic ring is 1. The van der Waals surface area contributed by atoms with Gasteiger partial charge < -0.3 is 25.8 Å². The Morgan fingerprint density at radius 3 is 2.68 bits per heavy atom. The summed E-state index contributed by atoms with van der Waals surface area (Å²) in [5, 5.41) is 17.9. The van der Waals surface area contributed by atoms with Gasteiger partial charge in [-0.05, 0) is 31.8 Å². The molecule has 0 spiro atoms. The van der Waals surface area contributed by atoms with Crippen molar-refractivity contribution in [1.29, 1.82) is 0 Å². The Morgan fingerprint density at radius 2 is 2.06 bits per heavy atom. The lowest BCUT2D eigenvalue weighted by Crippen LogP contribution is -2.46. The summed E-state index contributed by atoms with van der Waals surface area (Å²) in [6, 6.07) is -0.0480. The van der Waals surface area contributed by atoms with Gasteiger partial charge in [0.2, 0.25) is 11.8 Å². The van der Waals surface area contributed by atoms with E-state index in [1.54, 1.807) is 4.90 Å². The second kappa shape index (κ2) is 10.1. The maximum absolute atomic E-state index is 13.1. The maximum Gasteiger partial charge on any atom is 0.291 e. The first-order chi connectivity index (χ1) is 15.7. The van der Waals surface area contributed by atoms with Crippen LogP contribution in [0, 0.1) is 5.92 Å². The zero-order valence-electron chi connectivity index (χ0n) is 19.5. The third-order valence-electron chi connectivity index (χ3n) is 5.80. The van der Waals surface area contributed by atoms with Gasteiger partial charge in [0, 0.05) is 25.2 Å². The number of halogens is 1. The van der Waals surface area contributed by atoms with Gasteiger partial charge in [-0.15, -0.1) is 17.5 Å². The molecule has 0 bridgehead atoms. The minimum Gasteiger partial charge on any atom is -0.494 e. The average Bonchev–Trinajstić information content (AvgIpc) is 3.50. The molecule has 2 fully saturated rings. The molecular weight excluding hydrogens is 464 g/mol. The number of ether oxygens (including phenoxy) is 1. The van der Waals surface area contributed by atoms with Gasteiger partial charge in [-0.25, -0.2) is 0 Å². The Bertz CT molecular complexity index is 1180. The molecule has 1 aliphatic carbocycles. The third-order valence-corrected chi connectivity index (χ3v) is 5.80. The van der Waals surface area contributed by atoms with Gasteiger partial charge in [0.15, 0.2) is 17.0 Å². The number of hydrogen-bond donors (Lipinski definition) is 3. The van der Waals surface area contributed by atoms with Crippen molar-refractivity contribution in [3.63, 3.8) is 0 Å². The summed E-state index contributed by atoms with van der Waals surface area (Å²) in [4.78, 5) is 40.3. The summed E-state index contributed by atoms with van der Waals surface area (Å²) in [5.41, 5.74) is 5.54. The summed E-state index contributed by atoms with van der Waals surface area (Å²) >= 11 is 0. The highest BCUT2D eigenvalue weighted by Gasteiger charge is 2.30. The van der Waals surface area contributed by atoms with Gasteiger partial charge in [0.25, 0.3) is 11.5 Å². The number of aromatic hydroxyl groups is 1. The molecule has 12 heteroatoms. The standard InChI is InChI=1S/C22H30N6O5.ClH/c1-12(2)10-27-20-15(6-7-16(29)26-8-9-33-11-13(26)3)18(23)25-28(20)22(32)17(21(27)31)19(30)24-14-4-5-14;/h6-7,12-14,31H,4-5,8-11H2,1-3H3,(H2,23,25)(H,24,30);1H/b7-6+;/t13-;/m0./s1. The Hall–Kier alpha value is -3.05. The van der Waals surface area contributed by atoms with Crippen LogP contribution >= 0.6 is 12.4 Å². The molecule has 34 heavy (non-hydrogen) atoms. The Morgan fingerprint density at radius 1 is 1.35 bits per heavy atom. The molecule has 1 aliphatic heterocycles. The second-order valence-electron chi connectivity index (χ2n) is 9.08. The average molecular weight is 495 g/mol. The quantitative estimate of drug-likeness (QED) is 0.508. The number of fused-ring (bicyclic) bond motifs is 1. The highest BCUT2D eigenvalue weighted by molar-refractivity contribution is 5.97. The van der Waals surface area contributed by atoms with Crippen LogP contribution in [0.4, 0.5) is 5.82 Å². The van der Waals surface area contributed by atoms with E-state index in [1.165, 1.54) is 16.7 Å². The van der Waals surface area contributed by atoms with Crippen LogP contribution in [0.25, 0.3) is 11.7 Å². The molecule has 0 radical (unpaired) electrons. The van der Waals surface area contributed by atoms with E-state index in [0.717, 1.165) is 17.4 Å². The van der Waals surface area contributed by atoms with Crippen molar-refractivity contribution in [1.82, 2.24) is 24.4 Å². The first kappa shape index (κ1) is 25.6. The number of nitrogens with zero attached hydrogens (tertiary/aromatic N) is 4. The van der Waals surface area contributed by atoms with E-state index in [-0.39, 0.29) is 53.3 Å². The topological polar surface area (TPSA) is 144 Å². The van der Waals surface area contributed by atoms with Crippen molar-refractivity contribution in [3.8, 4) is 5.88 Å². The first-order valence-corrected chi connectivity index (χ1v) is 11.2. The molecule has 2 aromatic heterocycles. The molecule has 2 aliphatic rings. The number of hydrogen-bond acceptors (Lipinski definition) is 7. The van der Waals surface area contributed by atoms with Crippen molar-refractivity contribution < 1.29 is 19.4 Å². The van der Waals surface area contributed by atoms with Gasteiger partial charge >= 0.3 is 0 Å². The molecular formula is C22H31ClN6O5. The molecule has 0 unspecified atom stereocenters. The summed E-state index contributed by atoms with van der Waals surface area (Å²) in [7, 11) is 0. The molecule has 0 aromatic carbocycles. The first-order valence-electron chi connectivity index (χ1n) is 11.2. The molecule has 4 N–H and O–H groups in total. The summed E-state index contributed by atoms with van der Waals surface area (Å²) in [5.74, 6) is -1.20. The van der Waals surface area contributed by atoms with Crippen LogP contribution in [0.1, 0.15) is 49.5 Å². The smallest absolute Gasteiger partial charge is 0.291 e. The van der Waals surface area contributed by atoms with E-state index < -0.39 is 17.3 Å². The van der Waals surface area contributed by atoms with Crippen LogP contribution in [-0.4, -0.2) is 67.8 Å². The Balaban J connectivity index is 0.00000324. The van der Waals surface area contributed by atoms with Gasteiger partial charge in [-0.2, -0.15) is 4.52 Å². The number of nitrogens with two attached hydrogens (primary N) is 1. The number of aromatic nitrogens is 3. The normalized spacial score (nSPS) is 18.5. The highest BCUT2D eigenvalue weighted by atomic mass is 35.5. The zero-order chi connectivity index (χ0) is 23.9. The largest absolute Gasteiger partial charge is 0.494 e. The SMILES string of the molecule is CC(C)Cn1c(O)c(C(=O)NC2CC2)c(=O)n2nc(N)c(/C=C/C(=O)N3CCOC[C@@H]3C)c12.Cl. The van der Waals surface area contributed by atoms with Gasteiger partial charge in [-0.1, -0.05) is 13.8 Å². The number of anilines is 1. The molecule has 2 amide bonds. The zero-order valence-corrected chi connectivity index (χ0v) is 20.3. The highest BCUT2D eigenvalue weighted by Crippen LogP contribution is 2.27.